The molecule has 2 heterocycles. The summed E-state index contributed by atoms with van der Waals surface area (Å²) in [6, 6.07) is 18.9. The standard InChI is InChI=1S/C23H30N6O/c1-18(2)22(28-15-13-27(14-16-28)20-7-5-4-6-8-20)23-24-25-26-29(23)17-19-9-11-21(30-3)12-10-19/h4-12,18,22H,13-17H2,1-3H3/t22-/m0/s1. The van der Waals surface area contributed by atoms with Crippen LogP contribution in [0, 0.1) is 5.92 Å². The lowest BCUT2D eigenvalue weighted by Gasteiger charge is -2.41. The average Bonchev–Trinajstić information content (AvgIpc) is 3.23. The Hall–Kier alpha value is -2.93. The van der Waals surface area contributed by atoms with Gasteiger partial charge in [0.05, 0.1) is 19.7 Å². The van der Waals surface area contributed by atoms with Crippen LogP contribution in [0.3, 0.4) is 0 Å². The number of tetrazole rings is 1. The first-order valence-corrected chi connectivity index (χ1v) is 10.6. The normalized spacial score (nSPS) is 16.1. The van der Waals surface area contributed by atoms with Crippen LogP contribution < -0.4 is 9.64 Å². The Morgan fingerprint density at radius 2 is 1.63 bits per heavy atom. The summed E-state index contributed by atoms with van der Waals surface area (Å²) in [6.45, 7) is 9.15. The van der Waals surface area contributed by atoms with Crippen LogP contribution in [0.15, 0.2) is 54.6 Å². The molecular formula is C23H30N6O. The second kappa shape index (κ2) is 9.26. The molecule has 0 radical (unpaired) electrons. The van der Waals surface area contributed by atoms with Crippen LogP contribution >= 0.6 is 0 Å². The van der Waals surface area contributed by atoms with Crippen molar-refractivity contribution in [1.29, 1.82) is 0 Å². The van der Waals surface area contributed by atoms with Gasteiger partial charge in [0.1, 0.15) is 5.75 Å². The van der Waals surface area contributed by atoms with Crippen molar-refractivity contribution in [3.63, 3.8) is 0 Å². The molecule has 4 rings (SSSR count). The first-order chi connectivity index (χ1) is 14.7. The number of piperazine rings is 1. The topological polar surface area (TPSA) is 59.3 Å². The first kappa shape index (κ1) is 20.3. The molecule has 1 saturated heterocycles. The van der Waals surface area contributed by atoms with Crippen molar-refractivity contribution in [1.82, 2.24) is 25.1 Å². The van der Waals surface area contributed by atoms with Gasteiger partial charge >= 0.3 is 0 Å². The second-order valence-electron chi connectivity index (χ2n) is 8.09. The van der Waals surface area contributed by atoms with Gasteiger partial charge in [0, 0.05) is 31.9 Å². The maximum absolute atomic E-state index is 5.26. The molecule has 1 atom stereocenters. The molecule has 0 bridgehead atoms. The van der Waals surface area contributed by atoms with E-state index < -0.39 is 0 Å². The highest BCUT2D eigenvalue weighted by atomic mass is 16.5. The second-order valence-corrected chi connectivity index (χ2v) is 8.09. The first-order valence-electron chi connectivity index (χ1n) is 10.6. The number of benzene rings is 2. The fourth-order valence-electron chi connectivity index (χ4n) is 4.22. The fourth-order valence-corrected chi connectivity index (χ4v) is 4.22. The Balaban J connectivity index is 1.48. The fraction of sp³-hybridized carbons (Fsp3) is 0.435. The molecule has 0 amide bonds. The third kappa shape index (κ3) is 4.46. The van der Waals surface area contributed by atoms with Crippen LogP contribution in [0.5, 0.6) is 5.75 Å². The lowest BCUT2D eigenvalue weighted by Crippen LogP contribution is -2.49. The molecule has 0 N–H and O–H groups in total. The van der Waals surface area contributed by atoms with Gasteiger partial charge in [-0.2, -0.15) is 0 Å². The number of methoxy groups -OCH3 is 1. The van der Waals surface area contributed by atoms with Crippen molar-refractivity contribution in [3.05, 3.63) is 66.0 Å². The number of ether oxygens (including phenoxy) is 1. The summed E-state index contributed by atoms with van der Waals surface area (Å²) in [6.07, 6.45) is 0. The monoisotopic (exact) mass is 406 g/mol. The highest BCUT2D eigenvalue weighted by Crippen LogP contribution is 2.29. The quantitative estimate of drug-likeness (QED) is 0.600. The van der Waals surface area contributed by atoms with Gasteiger partial charge in [0.2, 0.25) is 0 Å². The summed E-state index contributed by atoms with van der Waals surface area (Å²) in [5.74, 6) is 2.20. The smallest absolute Gasteiger partial charge is 0.169 e. The van der Waals surface area contributed by atoms with Crippen molar-refractivity contribution in [2.75, 3.05) is 38.2 Å². The maximum Gasteiger partial charge on any atom is 0.169 e. The molecule has 3 aromatic rings. The predicted octanol–water partition coefficient (Wildman–Crippen LogP) is 3.25. The van der Waals surface area contributed by atoms with E-state index in [1.807, 2.05) is 16.8 Å². The van der Waals surface area contributed by atoms with E-state index in [2.05, 4.69) is 81.6 Å². The number of para-hydroxylation sites is 1. The Labute approximate surface area is 178 Å². The molecule has 7 heteroatoms. The molecule has 1 aromatic heterocycles. The molecule has 158 valence electrons. The molecule has 2 aromatic carbocycles. The minimum absolute atomic E-state index is 0.191. The van der Waals surface area contributed by atoms with Gasteiger partial charge in [-0.15, -0.1) is 5.10 Å². The molecule has 7 nitrogen and oxygen atoms in total. The van der Waals surface area contributed by atoms with Crippen LogP contribution in [0.25, 0.3) is 0 Å². The minimum Gasteiger partial charge on any atom is -0.497 e. The number of hydrogen-bond acceptors (Lipinski definition) is 6. The summed E-state index contributed by atoms with van der Waals surface area (Å²) in [5, 5.41) is 12.8. The summed E-state index contributed by atoms with van der Waals surface area (Å²) in [5.41, 5.74) is 2.45. The highest BCUT2D eigenvalue weighted by Gasteiger charge is 2.31. The predicted molar refractivity (Wildman–Crippen MR) is 118 cm³/mol. The number of rotatable bonds is 7. The van der Waals surface area contributed by atoms with Gasteiger partial charge < -0.3 is 9.64 Å². The Bertz CT molecular complexity index is 916. The number of anilines is 1. The number of nitrogens with zero attached hydrogens (tertiary/aromatic N) is 6. The van der Waals surface area contributed by atoms with Crippen LogP contribution in [0.1, 0.15) is 31.3 Å². The Morgan fingerprint density at radius 1 is 0.933 bits per heavy atom. The zero-order valence-corrected chi connectivity index (χ0v) is 18.0. The molecule has 0 aliphatic carbocycles. The zero-order valence-electron chi connectivity index (χ0n) is 18.0. The highest BCUT2D eigenvalue weighted by molar-refractivity contribution is 5.46. The van der Waals surface area contributed by atoms with E-state index in [-0.39, 0.29) is 6.04 Å². The molecular weight excluding hydrogens is 376 g/mol. The van der Waals surface area contributed by atoms with E-state index in [4.69, 9.17) is 4.74 Å². The third-order valence-corrected chi connectivity index (χ3v) is 5.78. The van der Waals surface area contributed by atoms with Gasteiger partial charge in [-0.25, -0.2) is 4.68 Å². The van der Waals surface area contributed by atoms with E-state index in [9.17, 15) is 0 Å². The van der Waals surface area contributed by atoms with Crippen molar-refractivity contribution >= 4 is 5.69 Å². The van der Waals surface area contributed by atoms with Gasteiger partial charge in [-0.3, -0.25) is 4.90 Å². The zero-order chi connectivity index (χ0) is 20.9. The van der Waals surface area contributed by atoms with Crippen LogP contribution in [-0.4, -0.2) is 58.4 Å². The van der Waals surface area contributed by atoms with Crippen molar-refractivity contribution < 1.29 is 4.74 Å². The summed E-state index contributed by atoms with van der Waals surface area (Å²) < 4.78 is 7.20. The van der Waals surface area contributed by atoms with Crippen molar-refractivity contribution in [2.45, 2.75) is 26.4 Å². The van der Waals surface area contributed by atoms with Gasteiger partial charge in [-0.05, 0) is 46.2 Å². The van der Waals surface area contributed by atoms with Crippen LogP contribution in [0.2, 0.25) is 0 Å². The summed E-state index contributed by atoms with van der Waals surface area (Å²) in [7, 11) is 1.68. The lowest BCUT2D eigenvalue weighted by molar-refractivity contribution is 0.135. The van der Waals surface area contributed by atoms with E-state index >= 15 is 0 Å². The molecule has 0 spiro atoms. The van der Waals surface area contributed by atoms with E-state index in [1.165, 1.54) is 5.69 Å². The number of aromatic nitrogens is 4. The molecule has 30 heavy (non-hydrogen) atoms. The van der Waals surface area contributed by atoms with E-state index in [0.717, 1.165) is 43.3 Å². The lowest BCUT2D eigenvalue weighted by atomic mass is 10.0. The molecule has 1 aliphatic heterocycles. The van der Waals surface area contributed by atoms with Gasteiger partial charge in [-0.1, -0.05) is 44.2 Å². The van der Waals surface area contributed by atoms with E-state index in [1.54, 1.807) is 7.11 Å². The van der Waals surface area contributed by atoms with E-state index in [0.29, 0.717) is 12.5 Å². The van der Waals surface area contributed by atoms with Gasteiger partial charge in [0.25, 0.3) is 0 Å². The third-order valence-electron chi connectivity index (χ3n) is 5.78. The average molecular weight is 407 g/mol. The molecule has 0 saturated carbocycles. The van der Waals surface area contributed by atoms with Crippen molar-refractivity contribution in [3.8, 4) is 5.75 Å². The maximum atomic E-state index is 5.26. The van der Waals surface area contributed by atoms with Crippen LogP contribution in [-0.2, 0) is 6.54 Å². The molecule has 1 fully saturated rings. The summed E-state index contributed by atoms with van der Waals surface area (Å²) >= 11 is 0. The van der Waals surface area contributed by atoms with Gasteiger partial charge in [0.15, 0.2) is 5.82 Å². The number of hydrogen-bond donors (Lipinski definition) is 0. The minimum atomic E-state index is 0.191. The largest absolute Gasteiger partial charge is 0.497 e. The Kier molecular flexibility index (Phi) is 6.28. The SMILES string of the molecule is COc1ccc(Cn2nnnc2[C@H](C(C)C)N2CCN(c3ccccc3)CC2)cc1. The van der Waals surface area contributed by atoms with Crippen molar-refractivity contribution in [2.24, 2.45) is 5.92 Å². The molecule has 1 aliphatic rings. The Morgan fingerprint density at radius 3 is 2.27 bits per heavy atom. The molecule has 0 unspecified atom stereocenters. The van der Waals surface area contributed by atoms with Crippen LogP contribution in [0.4, 0.5) is 5.69 Å². The summed E-state index contributed by atoms with van der Waals surface area (Å²) in [4.78, 5) is 4.98.